The zero-order valence-electron chi connectivity index (χ0n) is 8.79. The Morgan fingerprint density at radius 3 is 2.94 bits per heavy atom. The number of thiophene rings is 1. The lowest BCUT2D eigenvalue weighted by Crippen LogP contribution is -2.15. The molecule has 5 nitrogen and oxygen atoms in total. The molecule has 0 aliphatic heterocycles. The molecule has 0 spiro atoms. The van der Waals surface area contributed by atoms with Gasteiger partial charge in [-0.1, -0.05) is 0 Å². The summed E-state index contributed by atoms with van der Waals surface area (Å²) in [5.41, 5.74) is 0.0829. The lowest BCUT2D eigenvalue weighted by atomic mass is 10.3. The molecule has 2 aromatic heterocycles. The van der Waals surface area contributed by atoms with E-state index in [4.69, 9.17) is 5.11 Å². The Labute approximate surface area is 110 Å². The van der Waals surface area contributed by atoms with Crippen LogP contribution in [0.15, 0.2) is 28.4 Å². The van der Waals surface area contributed by atoms with Crippen LogP contribution in [0.1, 0.15) is 10.4 Å². The number of rotatable bonds is 3. The van der Waals surface area contributed by atoms with E-state index in [0.717, 1.165) is 9.47 Å². The third-order valence-electron chi connectivity index (χ3n) is 2.12. The normalized spacial score (nSPS) is 10.2. The molecule has 0 aliphatic carbocycles. The van der Waals surface area contributed by atoms with Gasteiger partial charge in [0.1, 0.15) is 11.9 Å². The number of hydrogen-bond acceptors (Lipinski definition) is 5. The fraction of sp³-hybridized carbons (Fsp3) is 0.100. The average Bonchev–Trinajstić information content (AvgIpc) is 2.75. The number of aromatic carboxylic acids is 1. The highest BCUT2D eigenvalue weighted by molar-refractivity contribution is 9.10. The van der Waals surface area contributed by atoms with Gasteiger partial charge in [0.15, 0.2) is 5.82 Å². The topological polar surface area (TPSA) is 66.3 Å². The van der Waals surface area contributed by atoms with E-state index in [2.05, 4.69) is 25.9 Å². The van der Waals surface area contributed by atoms with Gasteiger partial charge in [0.05, 0.1) is 5.00 Å². The Hall–Kier alpha value is -1.47. The molecule has 7 heteroatoms. The van der Waals surface area contributed by atoms with Gasteiger partial charge < -0.3 is 10.0 Å². The number of carboxylic acids is 1. The molecule has 2 aromatic rings. The Balaban J connectivity index is 2.43. The van der Waals surface area contributed by atoms with E-state index < -0.39 is 5.97 Å². The molecule has 0 radical (unpaired) electrons. The monoisotopic (exact) mass is 313 g/mol. The zero-order valence-corrected chi connectivity index (χ0v) is 11.2. The number of anilines is 2. The molecule has 0 aliphatic rings. The van der Waals surface area contributed by atoms with E-state index in [9.17, 15) is 4.79 Å². The Bertz CT molecular complexity index is 558. The lowest BCUT2D eigenvalue weighted by molar-refractivity contribution is 0.0697. The quantitative estimate of drug-likeness (QED) is 0.943. The van der Waals surface area contributed by atoms with Gasteiger partial charge in [-0.15, -0.1) is 11.3 Å². The first-order valence-corrected chi connectivity index (χ1v) is 6.28. The summed E-state index contributed by atoms with van der Waals surface area (Å²) < 4.78 is 0.954. The Morgan fingerprint density at radius 2 is 2.35 bits per heavy atom. The third kappa shape index (κ3) is 2.45. The molecule has 2 rings (SSSR count). The average molecular weight is 314 g/mol. The first-order valence-electron chi connectivity index (χ1n) is 4.60. The second-order valence-corrected chi connectivity index (χ2v) is 5.03. The molecule has 1 N–H and O–H groups in total. The van der Waals surface area contributed by atoms with Gasteiger partial charge in [0, 0.05) is 23.1 Å². The number of carbonyl (C=O) groups is 1. The third-order valence-corrected chi connectivity index (χ3v) is 3.89. The Kier molecular flexibility index (Phi) is 3.39. The molecule has 0 bridgehead atoms. The van der Waals surface area contributed by atoms with E-state index in [1.165, 1.54) is 23.9 Å². The summed E-state index contributed by atoms with van der Waals surface area (Å²) in [6.07, 6.45) is 2.63. The molecule has 2 heterocycles. The smallest absolute Gasteiger partial charge is 0.341 e. The zero-order chi connectivity index (χ0) is 12.4. The molecule has 0 fully saturated rings. The van der Waals surface area contributed by atoms with Crippen LogP contribution < -0.4 is 4.90 Å². The van der Waals surface area contributed by atoms with Crippen LogP contribution in [0, 0.1) is 0 Å². The second-order valence-electron chi connectivity index (χ2n) is 3.23. The summed E-state index contributed by atoms with van der Waals surface area (Å²) in [6.45, 7) is 0. The van der Waals surface area contributed by atoms with Crippen LogP contribution in [0.2, 0.25) is 0 Å². The minimum atomic E-state index is -1.04. The fourth-order valence-electron chi connectivity index (χ4n) is 1.32. The highest BCUT2D eigenvalue weighted by atomic mass is 79.9. The predicted octanol–water partition coefficient (Wildman–Crippen LogP) is 2.77. The van der Waals surface area contributed by atoms with Gasteiger partial charge in [-0.25, -0.2) is 14.8 Å². The highest BCUT2D eigenvalue weighted by Crippen LogP contribution is 2.32. The van der Waals surface area contributed by atoms with Crippen molar-refractivity contribution in [2.75, 3.05) is 11.9 Å². The van der Waals surface area contributed by atoms with Crippen LogP contribution in [-0.4, -0.2) is 28.1 Å². The molecule has 17 heavy (non-hydrogen) atoms. The van der Waals surface area contributed by atoms with E-state index >= 15 is 0 Å². The van der Waals surface area contributed by atoms with Crippen molar-refractivity contribution in [1.82, 2.24) is 9.97 Å². The number of nitrogens with zero attached hydrogens (tertiary/aromatic N) is 3. The fourth-order valence-corrected chi connectivity index (χ4v) is 2.71. The van der Waals surface area contributed by atoms with Crippen LogP contribution in [0.5, 0.6) is 0 Å². The minimum Gasteiger partial charge on any atom is -0.477 e. The van der Waals surface area contributed by atoms with Crippen LogP contribution in [0.4, 0.5) is 10.8 Å². The Morgan fingerprint density at radius 1 is 1.59 bits per heavy atom. The number of hydrogen-bond donors (Lipinski definition) is 1. The van der Waals surface area contributed by atoms with Crippen LogP contribution in [0.25, 0.3) is 0 Å². The molecule has 88 valence electrons. The maximum absolute atomic E-state index is 11.1. The van der Waals surface area contributed by atoms with Crippen LogP contribution in [0.3, 0.4) is 0 Å². The highest BCUT2D eigenvalue weighted by Gasteiger charge is 2.17. The van der Waals surface area contributed by atoms with Crippen molar-refractivity contribution in [2.24, 2.45) is 0 Å². The molecular formula is C10H8BrN3O2S. The van der Waals surface area contributed by atoms with Gasteiger partial charge in [-0.2, -0.15) is 0 Å². The van der Waals surface area contributed by atoms with Crippen molar-refractivity contribution in [3.63, 3.8) is 0 Å². The molecule has 0 atom stereocenters. The van der Waals surface area contributed by atoms with Crippen molar-refractivity contribution >= 4 is 44.1 Å². The molecule has 0 aromatic carbocycles. The van der Waals surface area contributed by atoms with Crippen LogP contribution >= 0.6 is 27.3 Å². The maximum atomic E-state index is 11.1. The number of carboxylic acid groups (broad SMARTS) is 1. The minimum absolute atomic E-state index is 0.0829. The van der Waals surface area contributed by atoms with Gasteiger partial charge in [0.2, 0.25) is 0 Å². The first kappa shape index (κ1) is 12.0. The van der Waals surface area contributed by atoms with E-state index in [1.54, 1.807) is 11.9 Å². The van der Waals surface area contributed by atoms with E-state index in [1.807, 2.05) is 11.4 Å². The van der Waals surface area contributed by atoms with Gasteiger partial charge in [-0.05, 0) is 22.0 Å². The molecule has 0 unspecified atom stereocenters. The predicted molar refractivity (Wildman–Crippen MR) is 69.1 cm³/mol. The largest absolute Gasteiger partial charge is 0.477 e. The maximum Gasteiger partial charge on any atom is 0.341 e. The van der Waals surface area contributed by atoms with Crippen molar-refractivity contribution in [1.29, 1.82) is 0 Å². The standard InChI is InChI=1S/C10H8BrN3O2S/c1-14(8-2-6(11)4-17-8)9-7(10(15)16)3-12-5-13-9/h2-5H,1H3,(H,15,16). The number of aromatic nitrogens is 2. The molecule has 0 amide bonds. The summed E-state index contributed by atoms with van der Waals surface area (Å²) >= 11 is 4.85. The van der Waals surface area contributed by atoms with Crippen LogP contribution in [-0.2, 0) is 0 Å². The van der Waals surface area contributed by atoms with Crippen molar-refractivity contribution < 1.29 is 9.90 Å². The van der Waals surface area contributed by atoms with Crippen molar-refractivity contribution in [3.05, 3.63) is 34.0 Å². The SMILES string of the molecule is CN(c1cc(Br)cs1)c1ncncc1C(=O)O. The second kappa shape index (κ2) is 4.80. The van der Waals surface area contributed by atoms with E-state index in [0.29, 0.717) is 5.82 Å². The molecular weight excluding hydrogens is 306 g/mol. The number of halogens is 1. The summed E-state index contributed by atoms with van der Waals surface area (Å²) in [6, 6.07) is 1.90. The lowest BCUT2D eigenvalue weighted by Gasteiger charge is -2.17. The molecule has 0 saturated heterocycles. The van der Waals surface area contributed by atoms with Gasteiger partial charge in [0.25, 0.3) is 0 Å². The van der Waals surface area contributed by atoms with Crippen molar-refractivity contribution in [3.8, 4) is 0 Å². The summed E-state index contributed by atoms with van der Waals surface area (Å²) in [5, 5.41) is 11.9. The van der Waals surface area contributed by atoms with E-state index in [-0.39, 0.29) is 5.56 Å². The summed E-state index contributed by atoms with van der Waals surface area (Å²) in [4.78, 5) is 20.5. The van der Waals surface area contributed by atoms with Gasteiger partial charge in [-0.3, -0.25) is 0 Å². The van der Waals surface area contributed by atoms with Gasteiger partial charge >= 0.3 is 5.97 Å². The summed E-state index contributed by atoms with van der Waals surface area (Å²) in [7, 11) is 1.77. The van der Waals surface area contributed by atoms with Crippen molar-refractivity contribution in [2.45, 2.75) is 0 Å². The summed E-state index contributed by atoms with van der Waals surface area (Å²) in [5.74, 6) is -0.662. The first-order chi connectivity index (χ1) is 8.09. The molecule has 0 saturated carbocycles.